The molecule has 2 heteroatoms. The summed E-state index contributed by atoms with van der Waals surface area (Å²) in [5.74, 6) is 0. The van der Waals surface area contributed by atoms with Gasteiger partial charge in [0.15, 0.2) is 0 Å². The zero-order valence-electron chi connectivity index (χ0n) is 7.14. The Morgan fingerprint density at radius 1 is 0.700 bits per heavy atom. The molecule has 0 unspecified atom stereocenters. The number of rotatable bonds is 5. The van der Waals surface area contributed by atoms with Crippen molar-refractivity contribution in [3.63, 3.8) is 0 Å². The highest BCUT2D eigenvalue weighted by Crippen LogP contribution is 2.03. The predicted octanol–water partition coefficient (Wildman–Crippen LogP) is 3.40. The minimum atomic E-state index is 1.36. The Bertz CT molecular complexity index is 53.5. The van der Waals surface area contributed by atoms with Crippen LogP contribution in [0.25, 0.3) is 0 Å². The van der Waals surface area contributed by atoms with Crippen molar-refractivity contribution < 1.29 is 0 Å². The quantitative estimate of drug-likeness (QED) is 0.436. The van der Waals surface area contributed by atoms with Crippen LogP contribution in [-0.4, -0.2) is 0 Å². The van der Waals surface area contributed by atoms with Crippen molar-refractivity contribution in [3.05, 3.63) is 0 Å². The van der Waals surface area contributed by atoms with Gasteiger partial charge in [-0.2, -0.15) is 0 Å². The van der Waals surface area contributed by atoms with Gasteiger partial charge in [0.2, 0.25) is 0 Å². The van der Waals surface area contributed by atoms with E-state index >= 15 is 0 Å². The van der Waals surface area contributed by atoms with Gasteiger partial charge in [-0.3, -0.25) is 0 Å². The highest BCUT2D eigenvalue weighted by Gasteiger charge is 1.83. The van der Waals surface area contributed by atoms with Gasteiger partial charge in [0.25, 0.3) is 0 Å². The lowest BCUT2D eigenvalue weighted by molar-refractivity contribution is 0.624. The molecule has 0 atom stereocenters. The minimum absolute atomic E-state index is 1.36. The zero-order valence-corrected chi connectivity index (χ0v) is 7.14. The highest BCUT2D eigenvalue weighted by molar-refractivity contribution is 4.39. The first-order valence-corrected chi connectivity index (χ1v) is 4.11. The van der Waals surface area contributed by atoms with E-state index in [1.54, 1.807) is 0 Å². The normalized spacial score (nSPS) is 8.00. The molecule has 0 saturated heterocycles. The van der Waals surface area contributed by atoms with Crippen LogP contribution in [0.4, 0.5) is 0 Å². The molecule has 10 heavy (non-hydrogen) atoms. The van der Waals surface area contributed by atoms with Crippen molar-refractivity contribution in [3.8, 4) is 0 Å². The maximum Gasteiger partial charge on any atom is 0 e. The summed E-state index contributed by atoms with van der Waals surface area (Å²) in [6.07, 6.45) is 8.49. The van der Waals surface area contributed by atoms with Gasteiger partial charge in [0.1, 0.15) is 0 Å². The Kier molecular flexibility index (Phi) is 19.1. The molecule has 0 rings (SSSR count). The summed E-state index contributed by atoms with van der Waals surface area (Å²) in [5, 5.41) is 12.0. The van der Waals surface area contributed by atoms with Crippen LogP contribution in [-0.2, 0) is 0 Å². The van der Waals surface area contributed by atoms with E-state index < -0.39 is 0 Å². The van der Waals surface area contributed by atoms with E-state index in [0.29, 0.717) is 0 Å². The molecule has 0 spiro atoms. The Morgan fingerprint density at radius 3 is 1.20 bits per heavy atom. The van der Waals surface area contributed by atoms with E-state index in [0.717, 1.165) is 0 Å². The summed E-state index contributed by atoms with van der Waals surface area (Å²) < 4.78 is 0. The van der Waals surface area contributed by atoms with Gasteiger partial charge in [0, 0.05) is 10.8 Å². The van der Waals surface area contributed by atoms with Crippen LogP contribution in [0.3, 0.4) is 0 Å². The summed E-state index contributed by atoms with van der Waals surface area (Å²) in [7, 11) is 0. The summed E-state index contributed by atoms with van der Waals surface area (Å²) in [4.78, 5) is 0. The van der Waals surface area contributed by atoms with E-state index in [2.05, 4.69) is 13.8 Å². The molecule has 0 aromatic carbocycles. The monoisotopic (exact) mass is 142 g/mol. The molecule has 0 aromatic heterocycles. The van der Waals surface area contributed by atoms with Crippen LogP contribution in [0.2, 0.25) is 0 Å². The van der Waals surface area contributed by atoms with Crippen LogP contribution in [0.5, 0.6) is 0 Å². The molecular weight excluding hydrogens is 124 g/mol. The Hall–Kier alpha value is -0.580. The topological polar surface area (TPSA) is 47.6 Å². The summed E-state index contributed by atoms with van der Waals surface area (Å²) in [5.41, 5.74) is 0. The van der Waals surface area contributed by atoms with Crippen molar-refractivity contribution in [2.24, 2.45) is 0 Å². The fourth-order valence-electron chi connectivity index (χ4n) is 0.854. The van der Waals surface area contributed by atoms with Crippen LogP contribution in [0, 0.1) is 10.8 Å². The van der Waals surface area contributed by atoms with Crippen molar-refractivity contribution in [1.29, 1.82) is 10.8 Å². The summed E-state index contributed by atoms with van der Waals surface area (Å²) in [6.45, 7) is 4.51. The number of unbranched alkanes of at least 4 members (excludes halogenated alkanes) is 5. The second kappa shape index (κ2) is 15.8. The molecule has 0 aromatic rings. The van der Waals surface area contributed by atoms with Crippen molar-refractivity contribution in [2.75, 3.05) is 0 Å². The molecule has 0 fully saturated rings. The van der Waals surface area contributed by atoms with Gasteiger partial charge in [-0.15, -0.1) is 0 Å². The highest BCUT2D eigenvalue weighted by atomic mass is 14.6. The van der Waals surface area contributed by atoms with Crippen molar-refractivity contribution >= 4 is 0 Å². The van der Waals surface area contributed by atoms with E-state index in [-0.39, 0.29) is 0 Å². The smallest absolute Gasteiger partial charge is 0 e. The van der Waals surface area contributed by atoms with Gasteiger partial charge in [-0.05, 0) is 0 Å². The lowest BCUT2D eigenvalue weighted by atomic mass is 10.1. The molecule has 0 heterocycles. The summed E-state index contributed by atoms with van der Waals surface area (Å²) >= 11 is 0. The van der Waals surface area contributed by atoms with E-state index in [1.807, 2.05) is 0 Å². The number of nitrogens with zero attached hydrogens (tertiary/aromatic N) is 2. The first-order valence-electron chi connectivity index (χ1n) is 4.11. The van der Waals surface area contributed by atoms with Crippen LogP contribution < -0.4 is 0 Å². The Balaban J connectivity index is 0. The van der Waals surface area contributed by atoms with E-state index in [1.165, 1.54) is 38.5 Å². The first kappa shape index (κ1) is 12.1. The third-order valence-corrected chi connectivity index (χ3v) is 1.46. The molecule has 0 saturated carbocycles. The van der Waals surface area contributed by atoms with Gasteiger partial charge in [-0.1, -0.05) is 52.4 Å². The molecule has 0 aliphatic heterocycles. The zero-order chi connectivity index (χ0) is 8.24. The van der Waals surface area contributed by atoms with E-state index in [9.17, 15) is 0 Å². The molecule has 0 bridgehead atoms. The third kappa shape index (κ3) is 15.7. The standard InChI is InChI=1S/C8H18.N2/c1-3-5-7-8-6-4-2;1-2/h3-8H2,1-2H3;. The minimum Gasteiger partial charge on any atom is -0.0654 e. The maximum atomic E-state index is 6.00. The average Bonchev–Trinajstić information content (AvgIpc) is 2.02. The molecule has 0 aliphatic rings. The molecule has 0 aliphatic carbocycles. The second-order valence-electron chi connectivity index (χ2n) is 2.41. The van der Waals surface area contributed by atoms with Gasteiger partial charge < -0.3 is 0 Å². The second-order valence-corrected chi connectivity index (χ2v) is 2.41. The predicted molar refractivity (Wildman–Crippen MR) is 42.5 cm³/mol. The van der Waals surface area contributed by atoms with Crippen LogP contribution in [0.1, 0.15) is 52.4 Å². The largest absolute Gasteiger partial charge is 0.0654 e. The summed E-state index contributed by atoms with van der Waals surface area (Å²) in [6, 6.07) is 0. The fourth-order valence-corrected chi connectivity index (χ4v) is 0.854. The fraction of sp³-hybridized carbons (Fsp3) is 1.00. The molecular formula is C8H18N2. The van der Waals surface area contributed by atoms with Gasteiger partial charge in [-0.25, -0.2) is 0 Å². The maximum absolute atomic E-state index is 6.00. The molecule has 0 radical (unpaired) electrons. The average molecular weight is 142 g/mol. The van der Waals surface area contributed by atoms with Gasteiger partial charge >= 0.3 is 0 Å². The molecule has 0 N–H and O–H groups in total. The SMILES string of the molecule is CCCCCCCC.N#N. The van der Waals surface area contributed by atoms with Gasteiger partial charge in [0.05, 0.1) is 0 Å². The third-order valence-electron chi connectivity index (χ3n) is 1.46. The number of hydrogen-bond acceptors (Lipinski definition) is 2. The molecule has 2 nitrogen and oxygen atoms in total. The first-order chi connectivity index (χ1) is 4.91. The van der Waals surface area contributed by atoms with Crippen molar-refractivity contribution in [2.45, 2.75) is 52.4 Å². The van der Waals surface area contributed by atoms with Crippen LogP contribution >= 0.6 is 0 Å². The van der Waals surface area contributed by atoms with E-state index in [4.69, 9.17) is 10.8 Å². The van der Waals surface area contributed by atoms with Crippen molar-refractivity contribution in [1.82, 2.24) is 0 Å². The lowest BCUT2D eigenvalue weighted by Crippen LogP contribution is -1.73. The molecule has 0 amide bonds. The number of hydrogen-bond donors (Lipinski definition) is 0. The van der Waals surface area contributed by atoms with Crippen LogP contribution in [0.15, 0.2) is 0 Å². The lowest BCUT2D eigenvalue weighted by Gasteiger charge is -1.93. The molecule has 60 valence electrons. The Labute approximate surface area is 64.0 Å². The Morgan fingerprint density at radius 2 is 1.00 bits per heavy atom.